The summed E-state index contributed by atoms with van der Waals surface area (Å²) in [6.07, 6.45) is 6.55. The summed E-state index contributed by atoms with van der Waals surface area (Å²) in [6.45, 7) is -0.219. The molecule has 0 spiro atoms. The van der Waals surface area contributed by atoms with Gasteiger partial charge in [-0.25, -0.2) is 4.98 Å². The van der Waals surface area contributed by atoms with Crippen LogP contribution in [0.1, 0.15) is 6.42 Å². The molecule has 1 aliphatic heterocycles. The summed E-state index contributed by atoms with van der Waals surface area (Å²) in [5, 5.41) is 4.82. The molecule has 0 unspecified atom stereocenters. The summed E-state index contributed by atoms with van der Waals surface area (Å²) in [5.41, 5.74) is 0. The Labute approximate surface area is 124 Å². The monoisotopic (exact) mass is 303 g/mol. The Morgan fingerprint density at radius 3 is 2.52 bits per heavy atom. The van der Waals surface area contributed by atoms with Crippen LogP contribution in [-0.4, -0.2) is 34.2 Å². The van der Waals surface area contributed by atoms with Crippen LogP contribution in [-0.2, 0) is 14.4 Å². The van der Waals surface area contributed by atoms with Gasteiger partial charge in [0.25, 0.3) is 0 Å². The molecular formula is C14H13N3O3S. The van der Waals surface area contributed by atoms with E-state index in [0.29, 0.717) is 5.13 Å². The lowest BCUT2D eigenvalue weighted by Crippen LogP contribution is -2.39. The molecule has 3 amide bonds. The third-order valence-electron chi connectivity index (χ3n) is 4.54. The van der Waals surface area contributed by atoms with Gasteiger partial charge in [0.15, 0.2) is 5.13 Å². The van der Waals surface area contributed by atoms with E-state index in [4.69, 9.17) is 0 Å². The Kier molecular flexibility index (Phi) is 2.72. The zero-order valence-corrected chi connectivity index (χ0v) is 11.9. The van der Waals surface area contributed by atoms with Gasteiger partial charge in [-0.15, -0.1) is 11.3 Å². The van der Waals surface area contributed by atoms with E-state index in [1.165, 1.54) is 11.3 Å². The van der Waals surface area contributed by atoms with Gasteiger partial charge >= 0.3 is 0 Å². The number of hydrogen-bond acceptors (Lipinski definition) is 5. The second-order valence-corrected chi connectivity index (χ2v) is 6.54. The van der Waals surface area contributed by atoms with Crippen molar-refractivity contribution >= 4 is 34.2 Å². The van der Waals surface area contributed by atoms with Crippen molar-refractivity contribution in [2.45, 2.75) is 6.42 Å². The molecule has 0 radical (unpaired) electrons. The molecule has 4 rings (SSSR count). The second-order valence-electron chi connectivity index (χ2n) is 5.65. The number of allylic oxidation sites excluding steroid dienone is 2. The maximum atomic E-state index is 12.4. The van der Waals surface area contributed by atoms with Crippen molar-refractivity contribution in [1.82, 2.24) is 9.88 Å². The largest absolute Gasteiger partial charge is 0.300 e. The number of nitrogens with one attached hydrogen (secondary N) is 1. The fourth-order valence-corrected chi connectivity index (χ4v) is 4.25. The van der Waals surface area contributed by atoms with Crippen molar-refractivity contribution in [2.24, 2.45) is 23.7 Å². The first-order valence-electron chi connectivity index (χ1n) is 6.88. The lowest BCUT2D eigenvalue weighted by molar-refractivity contribution is -0.143. The molecule has 4 atom stereocenters. The van der Waals surface area contributed by atoms with Crippen LogP contribution in [0.15, 0.2) is 23.7 Å². The molecule has 108 valence electrons. The zero-order valence-electron chi connectivity index (χ0n) is 11.1. The summed E-state index contributed by atoms with van der Waals surface area (Å²) in [4.78, 5) is 41.8. The topological polar surface area (TPSA) is 79.4 Å². The molecule has 1 aromatic rings. The number of aromatic nitrogens is 1. The van der Waals surface area contributed by atoms with Gasteiger partial charge in [0.1, 0.15) is 6.54 Å². The van der Waals surface area contributed by atoms with Gasteiger partial charge in [0.05, 0.1) is 11.8 Å². The standard InChI is InChI=1S/C14H13N3O3S/c18-9(16-14-15-3-4-21-14)6-17-12(19)10-7-1-2-8(5-7)11(10)13(17)20/h1-4,7-8,10-11H,5-6H2,(H,15,16,18)/t7-,8+,10-,11+. The first kappa shape index (κ1) is 12.7. The number of nitrogens with zero attached hydrogens (tertiary/aromatic N) is 2. The molecule has 2 aliphatic carbocycles. The van der Waals surface area contributed by atoms with Crippen molar-refractivity contribution in [2.75, 3.05) is 11.9 Å². The Hall–Kier alpha value is -2.02. The Morgan fingerprint density at radius 2 is 1.95 bits per heavy atom. The number of rotatable bonds is 3. The van der Waals surface area contributed by atoms with Crippen LogP contribution in [0, 0.1) is 23.7 Å². The first-order valence-corrected chi connectivity index (χ1v) is 7.76. The van der Waals surface area contributed by atoms with Gasteiger partial charge in [-0.2, -0.15) is 0 Å². The Bertz CT molecular complexity index is 624. The highest BCUT2D eigenvalue weighted by Gasteiger charge is 2.59. The maximum Gasteiger partial charge on any atom is 0.246 e. The van der Waals surface area contributed by atoms with Gasteiger partial charge in [0, 0.05) is 11.6 Å². The molecular weight excluding hydrogens is 290 g/mol. The number of hydrogen-bond donors (Lipinski definition) is 1. The molecule has 2 bridgehead atoms. The van der Waals surface area contributed by atoms with E-state index in [9.17, 15) is 14.4 Å². The fourth-order valence-electron chi connectivity index (χ4n) is 3.71. The summed E-state index contributed by atoms with van der Waals surface area (Å²) in [7, 11) is 0. The van der Waals surface area contributed by atoms with Gasteiger partial charge in [0.2, 0.25) is 17.7 Å². The van der Waals surface area contributed by atoms with Crippen molar-refractivity contribution in [3.8, 4) is 0 Å². The van der Waals surface area contributed by atoms with Gasteiger partial charge in [-0.1, -0.05) is 12.2 Å². The van der Waals surface area contributed by atoms with E-state index >= 15 is 0 Å². The lowest BCUT2D eigenvalue weighted by atomic mass is 9.85. The Morgan fingerprint density at radius 1 is 1.29 bits per heavy atom. The molecule has 1 aromatic heterocycles. The van der Waals surface area contributed by atoms with Crippen LogP contribution in [0.2, 0.25) is 0 Å². The third kappa shape index (κ3) is 1.84. The van der Waals surface area contributed by atoms with Gasteiger partial charge in [-0.05, 0) is 18.3 Å². The van der Waals surface area contributed by atoms with E-state index in [-0.39, 0.29) is 47.9 Å². The molecule has 3 aliphatic rings. The number of carbonyl (C=O) groups is 3. The van der Waals surface area contributed by atoms with E-state index in [2.05, 4.69) is 10.3 Å². The van der Waals surface area contributed by atoms with Crippen molar-refractivity contribution in [3.05, 3.63) is 23.7 Å². The minimum Gasteiger partial charge on any atom is -0.300 e. The third-order valence-corrected chi connectivity index (χ3v) is 5.23. The molecule has 0 aromatic carbocycles. The molecule has 7 heteroatoms. The summed E-state index contributed by atoms with van der Waals surface area (Å²) < 4.78 is 0. The molecule has 2 fully saturated rings. The van der Waals surface area contributed by atoms with Gasteiger partial charge < -0.3 is 5.32 Å². The average Bonchev–Trinajstić information content (AvgIpc) is 3.20. The summed E-state index contributed by atoms with van der Waals surface area (Å²) in [6, 6.07) is 0. The quantitative estimate of drug-likeness (QED) is 0.664. The molecule has 1 saturated carbocycles. The predicted octanol–water partition coefficient (Wildman–Crippen LogP) is 0.889. The average molecular weight is 303 g/mol. The number of carbonyl (C=O) groups excluding carboxylic acids is 3. The van der Waals surface area contributed by atoms with E-state index < -0.39 is 0 Å². The maximum absolute atomic E-state index is 12.4. The first-order chi connectivity index (χ1) is 10.1. The highest BCUT2D eigenvalue weighted by atomic mass is 32.1. The highest BCUT2D eigenvalue weighted by molar-refractivity contribution is 7.13. The normalized spacial score (nSPS) is 32.9. The van der Waals surface area contributed by atoms with Gasteiger partial charge in [-0.3, -0.25) is 19.3 Å². The number of anilines is 1. The lowest BCUT2D eigenvalue weighted by Gasteiger charge is -2.16. The number of thiazole rings is 1. The zero-order chi connectivity index (χ0) is 14.6. The van der Waals surface area contributed by atoms with Crippen LogP contribution in [0.4, 0.5) is 5.13 Å². The molecule has 6 nitrogen and oxygen atoms in total. The highest BCUT2D eigenvalue weighted by Crippen LogP contribution is 2.52. The number of likely N-dealkylation sites (tertiary alicyclic amines) is 1. The van der Waals surface area contributed by atoms with Crippen LogP contribution in [0.5, 0.6) is 0 Å². The number of imide groups is 1. The number of amides is 3. The van der Waals surface area contributed by atoms with Crippen LogP contribution in [0.25, 0.3) is 0 Å². The van der Waals surface area contributed by atoms with Crippen LogP contribution < -0.4 is 5.32 Å². The van der Waals surface area contributed by atoms with Crippen LogP contribution in [0.3, 0.4) is 0 Å². The van der Waals surface area contributed by atoms with E-state index in [0.717, 1.165) is 11.3 Å². The minimum atomic E-state index is -0.382. The number of fused-ring (bicyclic) bond motifs is 5. The summed E-state index contributed by atoms with van der Waals surface area (Å²) >= 11 is 1.30. The molecule has 21 heavy (non-hydrogen) atoms. The molecule has 1 N–H and O–H groups in total. The summed E-state index contributed by atoms with van der Waals surface area (Å²) in [5.74, 6) is -0.938. The molecule has 1 saturated heterocycles. The van der Waals surface area contributed by atoms with E-state index in [1.807, 2.05) is 12.2 Å². The van der Waals surface area contributed by atoms with Crippen molar-refractivity contribution in [3.63, 3.8) is 0 Å². The van der Waals surface area contributed by atoms with E-state index in [1.54, 1.807) is 11.6 Å². The molecule has 2 heterocycles. The Balaban J connectivity index is 1.48. The van der Waals surface area contributed by atoms with Crippen molar-refractivity contribution in [1.29, 1.82) is 0 Å². The van der Waals surface area contributed by atoms with Crippen LogP contribution >= 0.6 is 11.3 Å². The van der Waals surface area contributed by atoms with Crippen molar-refractivity contribution < 1.29 is 14.4 Å². The predicted molar refractivity (Wildman–Crippen MR) is 75.2 cm³/mol. The SMILES string of the molecule is O=C(CN1C(=O)[C@@H]2[C@H](C1=O)[C@@H]1C=C[C@H]2C1)Nc1nccs1. The second kappa shape index (κ2) is 4.49. The minimum absolute atomic E-state index is 0.170. The fraction of sp³-hybridized carbons (Fsp3) is 0.429. The smallest absolute Gasteiger partial charge is 0.246 e.